The van der Waals surface area contributed by atoms with Crippen molar-refractivity contribution in [1.82, 2.24) is 10.3 Å². The van der Waals surface area contributed by atoms with Crippen molar-refractivity contribution in [3.05, 3.63) is 87.2 Å². The van der Waals surface area contributed by atoms with Crippen LogP contribution in [0, 0.1) is 6.92 Å². The molecule has 0 spiro atoms. The normalized spacial score (nSPS) is 10.4. The highest BCUT2D eigenvalue weighted by atomic mass is 35.5. The number of rotatable bonds is 5. The summed E-state index contributed by atoms with van der Waals surface area (Å²) in [5.41, 5.74) is 2.27. The van der Waals surface area contributed by atoms with Crippen molar-refractivity contribution in [2.24, 2.45) is 0 Å². The third kappa shape index (κ3) is 4.66. The van der Waals surface area contributed by atoms with E-state index in [2.05, 4.69) is 15.6 Å². The Kier molecular flexibility index (Phi) is 5.91. The van der Waals surface area contributed by atoms with Crippen molar-refractivity contribution in [1.29, 1.82) is 0 Å². The first-order valence-electron chi connectivity index (χ1n) is 8.57. The Bertz CT molecular complexity index is 1080. The summed E-state index contributed by atoms with van der Waals surface area (Å²) in [6.45, 7) is 1.60. The molecule has 2 amide bonds. The molecule has 0 aliphatic heterocycles. The summed E-state index contributed by atoms with van der Waals surface area (Å²) < 4.78 is 0. The fraction of sp³-hybridized carbons (Fsp3) is 0.0952. The van der Waals surface area contributed by atoms with Gasteiger partial charge in [0.1, 0.15) is 5.56 Å². The molecule has 142 valence electrons. The third-order valence-corrected chi connectivity index (χ3v) is 4.36. The number of halogens is 1. The van der Waals surface area contributed by atoms with Gasteiger partial charge in [0.25, 0.3) is 11.5 Å². The largest absolute Gasteiger partial charge is 0.343 e. The minimum Gasteiger partial charge on any atom is -0.343 e. The van der Waals surface area contributed by atoms with E-state index in [1.807, 2.05) is 43.3 Å². The highest BCUT2D eigenvalue weighted by molar-refractivity contribution is 6.33. The number of nitrogens with one attached hydrogen (secondary N) is 3. The van der Waals surface area contributed by atoms with Gasteiger partial charge in [0.05, 0.1) is 17.3 Å². The predicted octanol–water partition coefficient (Wildman–Crippen LogP) is 3.37. The maximum absolute atomic E-state index is 12.2. The topological polar surface area (TPSA) is 91.1 Å². The van der Waals surface area contributed by atoms with E-state index in [4.69, 9.17) is 11.6 Å². The number of pyridine rings is 1. The van der Waals surface area contributed by atoms with E-state index >= 15 is 0 Å². The first kappa shape index (κ1) is 19.4. The number of aromatic amines is 1. The minimum absolute atomic E-state index is 0.0687. The second kappa shape index (κ2) is 8.54. The van der Waals surface area contributed by atoms with Crippen molar-refractivity contribution in [2.45, 2.75) is 6.92 Å². The quantitative estimate of drug-likeness (QED) is 0.618. The molecule has 3 rings (SSSR count). The Balaban J connectivity index is 1.63. The van der Waals surface area contributed by atoms with Gasteiger partial charge in [-0.1, -0.05) is 48.0 Å². The summed E-state index contributed by atoms with van der Waals surface area (Å²) in [6.07, 6.45) is 0. The van der Waals surface area contributed by atoms with Gasteiger partial charge in [-0.25, -0.2) is 0 Å². The molecule has 1 aromatic heterocycles. The maximum Gasteiger partial charge on any atom is 0.261 e. The monoisotopic (exact) mass is 395 g/mol. The number of hydrogen-bond acceptors (Lipinski definition) is 3. The zero-order valence-corrected chi connectivity index (χ0v) is 15.8. The van der Waals surface area contributed by atoms with Crippen LogP contribution in [-0.2, 0) is 4.79 Å². The Morgan fingerprint density at radius 3 is 2.46 bits per heavy atom. The van der Waals surface area contributed by atoms with E-state index in [-0.39, 0.29) is 12.1 Å². The first-order valence-corrected chi connectivity index (χ1v) is 8.95. The lowest BCUT2D eigenvalue weighted by Crippen LogP contribution is -2.35. The average Bonchev–Trinajstić information content (AvgIpc) is 2.69. The number of benzene rings is 2. The molecule has 2 aromatic carbocycles. The number of hydrogen-bond donors (Lipinski definition) is 3. The van der Waals surface area contributed by atoms with Gasteiger partial charge in [-0.3, -0.25) is 14.4 Å². The van der Waals surface area contributed by atoms with Crippen LogP contribution >= 0.6 is 11.6 Å². The smallest absolute Gasteiger partial charge is 0.261 e. The van der Waals surface area contributed by atoms with Gasteiger partial charge < -0.3 is 15.6 Å². The van der Waals surface area contributed by atoms with Crippen LogP contribution in [0.4, 0.5) is 5.69 Å². The number of H-pyrrole nitrogens is 1. The van der Waals surface area contributed by atoms with Crippen LogP contribution < -0.4 is 16.2 Å². The van der Waals surface area contributed by atoms with E-state index in [0.29, 0.717) is 16.4 Å². The van der Waals surface area contributed by atoms with Crippen molar-refractivity contribution >= 4 is 29.1 Å². The number of aryl methyl sites for hydroxylation is 1. The minimum atomic E-state index is -0.633. The van der Waals surface area contributed by atoms with Gasteiger partial charge in [-0.05, 0) is 42.3 Å². The van der Waals surface area contributed by atoms with Gasteiger partial charge in [0, 0.05) is 5.69 Å². The molecule has 0 aliphatic carbocycles. The van der Waals surface area contributed by atoms with Gasteiger partial charge in [-0.15, -0.1) is 0 Å². The molecule has 0 atom stereocenters. The molecule has 28 heavy (non-hydrogen) atoms. The molecule has 0 aliphatic rings. The molecule has 0 radical (unpaired) electrons. The molecule has 6 nitrogen and oxygen atoms in total. The molecule has 7 heteroatoms. The van der Waals surface area contributed by atoms with Gasteiger partial charge in [0.2, 0.25) is 5.91 Å². The van der Waals surface area contributed by atoms with Crippen molar-refractivity contribution in [3.8, 4) is 11.3 Å². The van der Waals surface area contributed by atoms with Crippen LogP contribution in [0.1, 0.15) is 15.9 Å². The summed E-state index contributed by atoms with van der Waals surface area (Å²) in [5.74, 6) is -1.08. The van der Waals surface area contributed by atoms with Gasteiger partial charge in [0.15, 0.2) is 0 Å². The van der Waals surface area contributed by atoms with Crippen LogP contribution in [-0.4, -0.2) is 23.3 Å². The van der Waals surface area contributed by atoms with Gasteiger partial charge >= 0.3 is 0 Å². The second-order valence-corrected chi connectivity index (χ2v) is 6.60. The Labute approximate surface area is 166 Å². The summed E-state index contributed by atoms with van der Waals surface area (Å²) >= 11 is 6.07. The second-order valence-electron chi connectivity index (χ2n) is 6.19. The van der Waals surface area contributed by atoms with Gasteiger partial charge in [-0.2, -0.15) is 0 Å². The molecule has 3 aromatic rings. The van der Waals surface area contributed by atoms with Crippen LogP contribution in [0.25, 0.3) is 11.3 Å². The fourth-order valence-electron chi connectivity index (χ4n) is 2.61. The van der Waals surface area contributed by atoms with E-state index in [9.17, 15) is 14.4 Å². The standard InChI is InChI=1S/C21H18ClN3O3/c1-13-7-9-18(16(22)11-13)24-19(26)12-23-20(27)15-8-10-17(25-21(15)28)14-5-3-2-4-6-14/h2-11H,12H2,1H3,(H,23,27)(H,24,26)(H,25,28). The number of anilines is 1. The fourth-order valence-corrected chi connectivity index (χ4v) is 2.89. The zero-order valence-electron chi connectivity index (χ0n) is 15.1. The molecule has 0 saturated carbocycles. The lowest BCUT2D eigenvalue weighted by atomic mass is 10.1. The van der Waals surface area contributed by atoms with Crippen LogP contribution in [0.2, 0.25) is 5.02 Å². The lowest BCUT2D eigenvalue weighted by Gasteiger charge is -2.09. The van der Waals surface area contributed by atoms with E-state index < -0.39 is 17.4 Å². The maximum atomic E-state index is 12.2. The van der Waals surface area contributed by atoms with Crippen molar-refractivity contribution in [2.75, 3.05) is 11.9 Å². The predicted molar refractivity (Wildman–Crippen MR) is 110 cm³/mol. The third-order valence-electron chi connectivity index (χ3n) is 4.05. The zero-order chi connectivity index (χ0) is 20.1. The molecule has 1 heterocycles. The van der Waals surface area contributed by atoms with Crippen molar-refractivity contribution in [3.63, 3.8) is 0 Å². The van der Waals surface area contributed by atoms with E-state index in [1.54, 1.807) is 18.2 Å². The van der Waals surface area contributed by atoms with Crippen LogP contribution in [0.5, 0.6) is 0 Å². The Morgan fingerprint density at radius 2 is 1.79 bits per heavy atom. The summed E-state index contributed by atoms with van der Waals surface area (Å²) in [6, 6.07) is 17.6. The van der Waals surface area contributed by atoms with Crippen LogP contribution in [0.3, 0.4) is 0 Å². The molecular weight excluding hydrogens is 378 g/mol. The number of aromatic nitrogens is 1. The molecule has 3 N–H and O–H groups in total. The lowest BCUT2D eigenvalue weighted by molar-refractivity contribution is -0.115. The molecule has 0 bridgehead atoms. The molecular formula is C21H18ClN3O3. The summed E-state index contributed by atoms with van der Waals surface area (Å²) in [4.78, 5) is 39.2. The summed E-state index contributed by atoms with van der Waals surface area (Å²) in [5, 5.41) is 5.46. The SMILES string of the molecule is Cc1ccc(NC(=O)CNC(=O)c2ccc(-c3ccccc3)[nH]c2=O)c(Cl)c1. The molecule has 0 fully saturated rings. The van der Waals surface area contributed by atoms with E-state index in [1.165, 1.54) is 6.07 Å². The molecule has 0 unspecified atom stereocenters. The average molecular weight is 396 g/mol. The Hall–Kier alpha value is -3.38. The van der Waals surface area contributed by atoms with Crippen molar-refractivity contribution < 1.29 is 9.59 Å². The number of carbonyl (C=O) groups is 2. The number of amides is 2. The molecule has 0 saturated heterocycles. The first-order chi connectivity index (χ1) is 13.4. The van der Waals surface area contributed by atoms with Crippen LogP contribution in [0.15, 0.2) is 65.5 Å². The number of carbonyl (C=O) groups excluding carboxylic acids is 2. The highest BCUT2D eigenvalue weighted by Crippen LogP contribution is 2.22. The Morgan fingerprint density at radius 1 is 1.04 bits per heavy atom. The summed E-state index contributed by atoms with van der Waals surface area (Å²) in [7, 11) is 0. The van der Waals surface area contributed by atoms with E-state index in [0.717, 1.165) is 11.1 Å². The highest BCUT2D eigenvalue weighted by Gasteiger charge is 2.13.